The number of anilines is 1. The van der Waals surface area contributed by atoms with Gasteiger partial charge in [0, 0.05) is 17.8 Å². The number of nitrogens with zero attached hydrogens (tertiary/aromatic N) is 1. The van der Waals surface area contributed by atoms with Crippen molar-refractivity contribution in [3.05, 3.63) is 65.0 Å². The van der Waals surface area contributed by atoms with Crippen LogP contribution in [0.2, 0.25) is 0 Å². The van der Waals surface area contributed by atoms with E-state index in [0.717, 1.165) is 22.9 Å². The zero-order valence-corrected chi connectivity index (χ0v) is 17.8. The van der Waals surface area contributed by atoms with Crippen molar-refractivity contribution in [2.45, 2.75) is 25.8 Å². The Morgan fingerprint density at radius 2 is 1.86 bits per heavy atom. The van der Waals surface area contributed by atoms with E-state index >= 15 is 0 Å². The molecule has 1 N–H and O–H groups in total. The molecule has 0 fully saturated rings. The van der Waals surface area contributed by atoms with Gasteiger partial charge >= 0.3 is 0 Å². The van der Waals surface area contributed by atoms with Crippen LogP contribution in [0.3, 0.4) is 0 Å². The molecule has 5 nitrogen and oxygen atoms in total. The second-order valence-corrected chi connectivity index (χ2v) is 10.1. The molecule has 1 aromatic heterocycles. The molecule has 0 saturated carbocycles. The molecule has 28 heavy (non-hydrogen) atoms. The van der Waals surface area contributed by atoms with Crippen LogP contribution in [-0.4, -0.2) is 33.7 Å². The number of nitrogens with one attached hydrogen (secondary N) is 1. The van der Waals surface area contributed by atoms with Gasteiger partial charge in [-0.25, -0.2) is 8.42 Å². The number of hydrogen-bond donors (Lipinski definition) is 1. The predicted molar refractivity (Wildman–Crippen MR) is 117 cm³/mol. The van der Waals surface area contributed by atoms with Crippen LogP contribution in [0, 0.1) is 0 Å². The highest BCUT2D eigenvalue weighted by atomic mass is 32.2. The van der Waals surface area contributed by atoms with Crippen LogP contribution in [0.5, 0.6) is 0 Å². The number of amides is 1. The maximum atomic E-state index is 12.6. The van der Waals surface area contributed by atoms with E-state index in [9.17, 15) is 13.2 Å². The van der Waals surface area contributed by atoms with Gasteiger partial charge in [-0.15, -0.1) is 11.3 Å². The number of sulfonamides is 1. The third-order valence-electron chi connectivity index (χ3n) is 4.67. The topological polar surface area (TPSA) is 66.5 Å². The molecule has 0 spiro atoms. The quantitative estimate of drug-likeness (QED) is 0.632. The van der Waals surface area contributed by atoms with Crippen LogP contribution in [-0.2, 0) is 16.4 Å². The first-order chi connectivity index (χ1) is 13.2. The lowest BCUT2D eigenvalue weighted by Gasteiger charge is -2.16. The van der Waals surface area contributed by atoms with Crippen molar-refractivity contribution in [2.75, 3.05) is 17.6 Å². The average molecular weight is 417 g/mol. The second kappa shape index (κ2) is 8.32. The molecule has 2 aromatic carbocycles. The lowest BCUT2D eigenvalue weighted by molar-refractivity contribution is 0.0942. The second-order valence-electron chi connectivity index (χ2n) is 6.96. The summed E-state index contributed by atoms with van der Waals surface area (Å²) in [6, 6.07) is 17.5. The normalized spacial score (nSPS) is 12.7. The minimum atomic E-state index is -3.32. The average Bonchev–Trinajstić information content (AvgIpc) is 3.09. The molecule has 7 heteroatoms. The Hall–Kier alpha value is -2.38. The fraction of sp³-hybridized carbons (Fsp3) is 0.286. The number of carbonyl (C=O) groups excluding carboxylic acids is 1. The maximum absolute atomic E-state index is 12.6. The van der Waals surface area contributed by atoms with Gasteiger partial charge < -0.3 is 5.32 Å². The molecule has 148 valence electrons. The van der Waals surface area contributed by atoms with Gasteiger partial charge in [0.05, 0.1) is 16.8 Å². The Morgan fingerprint density at radius 1 is 1.14 bits per heavy atom. The van der Waals surface area contributed by atoms with Gasteiger partial charge in [-0.1, -0.05) is 30.3 Å². The number of benzene rings is 2. The third-order valence-corrected chi connectivity index (χ3v) is 6.99. The standard InChI is InChI=1S/C21H24N2O3S2/c1-15(9-10-16-7-5-4-6-8-16)22-21(24)20-14-17-13-18(11-12-19(17)27-20)23(2)28(3,25)26/h4-8,11-15H,9-10H2,1-3H3,(H,22,24)/t15-/m0/s1. The van der Waals surface area contributed by atoms with Gasteiger partial charge in [0.25, 0.3) is 5.91 Å². The first-order valence-electron chi connectivity index (χ1n) is 9.06. The summed E-state index contributed by atoms with van der Waals surface area (Å²) in [6.45, 7) is 2.01. The van der Waals surface area contributed by atoms with Crippen LogP contribution in [0.15, 0.2) is 54.6 Å². The first kappa shape index (κ1) is 20.4. The number of aryl methyl sites for hydroxylation is 1. The zero-order chi connectivity index (χ0) is 20.3. The van der Waals surface area contributed by atoms with Crippen LogP contribution in [0.25, 0.3) is 10.1 Å². The van der Waals surface area contributed by atoms with E-state index in [-0.39, 0.29) is 11.9 Å². The minimum absolute atomic E-state index is 0.0600. The molecule has 3 rings (SSSR count). The van der Waals surface area contributed by atoms with E-state index in [0.29, 0.717) is 10.6 Å². The molecule has 0 aliphatic carbocycles. The summed E-state index contributed by atoms with van der Waals surface area (Å²) >= 11 is 1.41. The lowest BCUT2D eigenvalue weighted by atomic mass is 10.1. The van der Waals surface area contributed by atoms with Crippen molar-refractivity contribution < 1.29 is 13.2 Å². The van der Waals surface area contributed by atoms with Crippen molar-refractivity contribution in [3.8, 4) is 0 Å². The monoisotopic (exact) mass is 416 g/mol. The lowest BCUT2D eigenvalue weighted by Crippen LogP contribution is -2.32. The number of carbonyl (C=O) groups is 1. The van der Waals surface area contributed by atoms with E-state index < -0.39 is 10.0 Å². The van der Waals surface area contributed by atoms with E-state index in [2.05, 4.69) is 17.4 Å². The smallest absolute Gasteiger partial charge is 0.261 e. The van der Waals surface area contributed by atoms with Crippen molar-refractivity contribution in [2.24, 2.45) is 0 Å². The van der Waals surface area contributed by atoms with Crippen LogP contribution < -0.4 is 9.62 Å². The summed E-state index contributed by atoms with van der Waals surface area (Å²) in [4.78, 5) is 13.2. The molecule has 0 aliphatic heterocycles. The Labute approximate surface area is 170 Å². The molecule has 1 heterocycles. The Bertz CT molecular complexity index is 1080. The number of fused-ring (bicyclic) bond motifs is 1. The van der Waals surface area contributed by atoms with E-state index in [1.807, 2.05) is 37.3 Å². The number of hydrogen-bond acceptors (Lipinski definition) is 4. The summed E-state index contributed by atoms with van der Waals surface area (Å²) < 4.78 is 25.6. The highest BCUT2D eigenvalue weighted by molar-refractivity contribution is 7.92. The summed E-state index contributed by atoms with van der Waals surface area (Å²) in [7, 11) is -1.80. The van der Waals surface area contributed by atoms with E-state index in [1.165, 1.54) is 34.5 Å². The SMILES string of the molecule is C[C@@H](CCc1ccccc1)NC(=O)c1cc2cc(N(C)S(C)(=O)=O)ccc2s1. The fourth-order valence-electron chi connectivity index (χ4n) is 2.92. The highest BCUT2D eigenvalue weighted by Gasteiger charge is 2.16. The van der Waals surface area contributed by atoms with Crippen molar-refractivity contribution in [1.29, 1.82) is 0 Å². The Morgan fingerprint density at radius 3 is 2.54 bits per heavy atom. The fourth-order valence-corrected chi connectivity index (χ4v) is 4.37. The Balaban J connectivity index is 1.68. The van der Waals surface area contributed by atoms with Crippen molar-refractivity contribution >= 4 is 43.0 Å². The van der Waals surface area contributed by atoms with Crippen LogP contribution in [0.4, 0.5) is 5.69 Å². The number of rotatable bonds is 7. The van der Waals surface area contributed by atoms with Crippen molar-refractivity contribution in [3.63, 3.8) is 0 Å². The molecule has 1 atom stereocenters. The summed E-state index contributed by atoms with van der Waals surface area (Å²) in [5.74, 6) is -0.0974. The summed E-state index contributed by atoms with van der Waals surface area (Å²) in [5, 5.41) is 3.92. The van der Waals surface area contributed by atoms with Gasteiger partial charge in [0.15, 0.2) is 0 Å². The molecular formula is C21H24N2O3S2. The molecule has 0 saturated heterocycles. The summed E-state index contributed by atoms with van der Waals surface area (Å²) in [6.07, 6.45) is 2.94. The molecule has 0 bridgehead atoms. The Kier molecular flexibility index (Phi) is 6.05. The molecular weight excluding hydrogens is 392 g/mol. The minimum Gasteiger partial charge on any atom is -0.349 e. The van der Waals surface area contributed by atoms with Gasteiger partial charge in [-0.3, -0.25) is 9.10 Å². The summed E-state index contributed by atoms with van der Waals surface area (Å²) in [5.41, 5.74) is 1.84. The van der Waals surface area contributed by atoms with Gasteiger partial charge in [-0.2, -0.15) is 0 Å². The van der Waals surface area contributed by atoms with E-state index in [4.69, 9.17) is 0 Å². The van der Waals surface area contributed by atoms with Gasteiger partial charge in [-0.05, 0) is 55.0 Å². The molecule has 1 amide bonds. The van der Waals surface area contributed by atoms with Crippen LogP contribution >= 0.6 is 11.3 Å². The first-order valence-corrected chi connectivity index (χ1v) is 11.7. The molecule has 0 aliphatic rings. The molecule has 0 unspecified atom stereocenters. The van der Waals surface area contributed by atoms with Gasteiger partial charge in [0.1, 0.15) is 0 Å². The molecule has 3 aromatic rings. The number of thiophene rings is 1. The predicted octanol–water partition coefficient (Wildman–Crippen LogP) is 4.05. The van der Waals surface area contributed by atoms with Crippen molar-refractivity contribution in [1.82, 2.24) is 5.32 Å². The maximum Gasteiger partial charge on any atom is 0.261 e. The van der Waals surface area contributed by atoms with E-state index in [1.54, 1.807) is 12.1 Å². The van der Waals surface area contributed by atoms with Gasteiger partial charge in [0.2, 0.25) is 10.0 Å². The molecule has 0 radical (unpaired) electrons. The highest BCUT2D eigenvalue weighted by Crippen LogP contribution is 2.30. The largest absolute Gasteiger partial charge is 0.349 e. The zero-order valence-electron chi connectivity index (χ0n) is 16.2. The van der Waals surface area contributed by atoms with Crippen LogP contribution in [0.1, 0.15) is 28.6 Å². The third kappa shape index (κ3) is 4.91.